The van der Waals surface area contributed by atoms with E-state index < -0.39 is 132 Å². The first-order chi connectivity index (χ1) is 49.2. The molecule has 4 aromatic rings. The van der Waals surface area contributed by atoms with Gasteiger partial charge in [0, 0.05) is 12.8 Å². The van der Waals surface area contributed by atoms with E-state index in [1.165, 1.54) is 18.2 Å². The van der Waals surface area contributed by atoms with Crippen molar-refractivity contribution < 1.29 is 152 Å². The number of carbonyl (C=O) groups excluding carboxylic acids is 2. The first-order valence-corrected chi connectivity index (χ1v) is 35.6. The summed E-state index contributed by atoms with van der Waals surface area (Å²) >= 11 is 0. The zero-order valence-corrected chi connectivity index (χ0v) is 59.0. The molecular weight excluding hydrogens is 1490 g/mol. The largest absolute Gasteiger partial charge is 0.490 e. The van der Waals surface area contributed by atoms with Gasteiger partial charge in [-0.1, -0.05) is 182 Å². The molecule has 0 fully saturated rings. The minimum atomic E-state index is -8.25. The van der Waals surface area contributed by atoms with Gasteiger partial charge in [0.1, 0.15) is 0 Å². The Balaban J connectivity index is 2.09. The molecule has 0 N–H and O–H groups in total. The van der Waals surface area contributed by atoms with Gasteiger partial charge in [0.25, 0.3) is 0 Å². The smallest absolute Gasteiger partial charge is 0.460 e. The van der Waals surface area contributed by atoms with Crippen molar-refractivity contribution in [2.75, 3.05) is 26.4 Å². The summed E-state index contributed by atoms with van der Waals surface area (Å²) in [6.07, 6.45) is -4.88. The van der Waals surface area contributed by atoms with Gasteiger partial charge in [0.2, 0.25) is 0 Å². The Morgan fingerprint density at radius 1 is 0.245 bits per heavy atom. The maximum Gasteiger partial charge on any atom is 0.460 e. The van der Waals surface area contributed by atoms with Gasteiger partial charge in [-0.3, -0.25) is 9.59 Å². The number of benzene rings is 4. The van der Waals surface area contributed by atoms with Crippen molar-refractivity contribution >= 4 is 44.3 Å². The molecule has 0 atom stereocenters. The summed E-state index contributed by atoms with van der Waals surface area (Å²) < 4.78 is 404. The van der Waals surface area contributed by atoms with Crippen LogP contribution in [0.3, 0.4) is 0 Å². The van der Waals surface area contributed by atoms with Crippen LogP contribution in [-0.4, -0.2) is 110 Å². The molecule has 0 spiro atoms. The molecular formula is C72H90F26O8. The molecule has 0 amide bonds. The van der Waals surface area contributed by atoms with E-state index in [0.29, 0.717) is 51.4 Å². The van der Waals surface area contributed by atoms with Gasteiger partial charge in [-0.25, -0.2) is 0 Å². The van der Waals surface area contributed by atoms with Crippen molar-refractivity contribution in [3.05, 3.63) is 36.4 Å². The van der Waals surface area contributed by atoms with E-state index in [1.807, 2.05) is 27.7 Å². The summed E-state index contributed by atoms with van der Waals surface area (Å²) in [5.74, 6) is -84.9. The number of unbranched alkanes of at least 4 members (excludes halogenated alkanes) is 24. The number of carbonyl (C=O) groups is 2. The van der Waals surface area contributed by atoms with Gasteiger partial charge in [-0.2, -0.15) is 114 Å². The molecule has 0 saturated heterocycles. The lowest BCUT2D eigenvalue weighted by Crippen LogP contribution is -2.70. The summed E-state index contributed by atoms with van der Waals surface area (Å²) in [7, 11) is 0. The first kappa shape index (κ1) is 92.4. The van der Waals surface area contributed by atoms with Gasteiger partial charge in [-0.05, 0) is 94.4 Å². The molecule has 0 aromatic heterocycles. The molecule has 4 aromatic carbocycles. The third kappa shape index (κ3) is 22.1. The fourth-order valence-corrected chi connectivity index (χ4v) is 11.4. The quantitative estimate of drug-likeness (QED) is 0.0142. The second-order valence-electron chi connectivity index (χ2n) is 26.4. The van der Waals surface area contributed by atoms with Crippen LogP contribution in [0.5, 0.6) is 34.5 Å². The van der Waals surface area contributed by atoms with Crippen LogP contribution in [-0.2, 0) is 9.59 Å². The molecule has 34 heteroatoms. The van der Waals surface area contributed by atoms with Crippen LogP contribution < -0.4 is 28.4 Å². The second-order valence-corrected chi connectivity index (χ2v) is 26.4. The zero-order chi connectivity index (χ0) is 80.0. The predicted molar refractivity (Wildman–Crippen MR) is 344 cm³/mol. The highest BCUT2D eigenvalue weighted by molar-refractivity contribution is 6.27. The summed E-state index contributed by atoms with van der Waals surface area (Å²) in [6, 6.07) is 6.92. The summed E-state index contributed by atoms with van der Waals surface area (Å²) in [6.45, 7) is 7.50. The van der Waals surface area contributed by atoms with Gasteiger partial charge >= 0.3 is 83.5 Å². The third-order valence-electron chi connectivity index (χ3n) is 17.9. The highest BCUT2D eigenvalue weighted by Crippen LogP contribution is 2.63. The summed E-state index contributed by atoms with van der Waals surface area (Å²) in [4.78, 5) is 27.3. The van der Waals surface area contributed by atoms with Gasteiger partial charge < -0.3 is 28.4 Å². The summed E-state index contributed by atoms with van der Waals surface area (Å²) in [5.41, 5.74) is 0. The molecule has 106 heavy (non-hydrogen) atoms. The van der Waals surface area contributed by atoms with Gasteiger partial charge in [0.05, 0.1) is 39.3 Å². The Labute approximate surface area is 596 Å². The van der Waals surface area contributed by atoms with Crippen LogP contribution in [0.15, 0.2) is 36.4 Å². The van der Waals surface area contributed by atoms with Crippen LogP contribution >= 0.6 is 0 Å². The van der Waals surface area contributed by atoms with Crippen molar-refractivity contribution in [1.82, 2.24) is 0 Å². The molecule has 608 valence electrons. The lowest BCUT2D eigenvalue weighted by Gasteiger charge is -2.39. The van der Waals surface area contributed by atoms with Crippen LogP contribution in [0.2, 0.25) is 0 Å². The highest BCUT2D eigenvalue weighted by atomic mass is 19.4. The van der Waals surface area contributed by atoms with Gasteiger partial charge in [-0.15, -0.1) is 0 Å². The first-order valence-electron chi connectivity index (χ1n) is 35.6. The lowest BCUT2D eigenvalue weighted by atomic mass is 9.92. The van der Waals surface area contributed by atoms with E-state index in [1.54, 1.807) is 0 Å². The number of fused-ring (bicyclic) bond motifs is 6. The maximum absolute atomic E-state index is 15.2. The molecule has 0 heterocycles. The standard InChI is InChI=1S/C72H90F26O8/c1-5-9-13-17-21-25-29-37-101-53-41-47-48(42-54(53)102-38-30-26-22-18-14-10-6-2)51-45-57(105-59(99)33-35-61(73,74)63(77,78)65(81,82)67(85,86)69(89,90)71(93,94)95)56(104-40-32-28-24-20-16-12-8-4)44-50(51)52-46-58(55(43-49(47)52)103-39-31-27-23-19-15-11-7-3)106-60(100)34-36-62(75,76)64(79,80)66(83,84)68(87,88)70(91,92)72(96,97)98/h41-46H,5-40H2,1-4H3. The zero-order valence-electron chi connectivity index (χ0n) is 59.0. The molecule has 0 unspecified atom stereocenters. The van der Waals surface area contributed by atoms with Crippen molar-refractivity contribution in [2.45, 2.75) is 305 Å². The van der Waals surface area contributed by atoms with Gasteiger partial charge in [0.15, 0.2) is 34.5 Å². The van der Waals surface area contributed by atoms with E-state index in [2.05, 4.69) is 0 Å². The van der Waals surface area contributed by atoms with Crippen LogP contribution in [0.4, 0.5) is 114 Å². The topological polar surface area (TPSA) is 89.5 Å². The Morgan fingerprint density at radius 2 is 0.425 bits per heavy atom. The van der Waals surface area contributed by atoms with Crippen molar-refractivity contribution in [2.24, 2.45) is 0 Å². The normalized spacial score (nSPS) is 13.7. The average Bonchev–Trinajstić information content (AvgIpc) is 0.730. The highest BCUT2D eigenvalue weighted by Gasteiger charge is 2.92. The fraction of sp³-hybridized carbons (Fsp3) is 0.722. The Morgan fingerprint density at radius 3 is 0.632 bits per heavy atom. The molecule has 0 aliphatic carbocycles. The van der Waals surface area contributed by atoms with E-state index in [0.717, 1.165) is 134 Å². The maximum atomic E-state index is 15.2. The van der Waals surface area contributed by atoms with E-state index in [4.69, 9.17) is 28.4 Å². The van der Waals surface area contributed by atoms with Crippen LogP contribution in [0.1, 0.15) is 233 Å². The van der Waals surface area contributed by atoms with Crippen molar-refractivity contribution in [1.29, 1.82) is 0 Å². The molecule has 8 nitrogen and oxygen atoms in total. The third-order valence-corrected chi connectivity index (χ3v) is 17.9. The number of ether oxygens (including phenoxy) is 6. The van der Waals surface area contributed by atoms with E-state index >= 15 is 17.6 Å². The van der Waals surface area contributed by atoms with E-state index in [-0.39, 0.29) is 83.1 Å². The monoisotopic (exact) mass is 1580 g/mol. The van der Waals surface area contributed by atoms with Crippen molar-refractivity contribution in [3.63, 3.8) is 0 Å². The number of alkyl halides is 26. The Bertz CT molecular complexity index is 3260. The Kier molecular flexibility index (Phi) is 34.0. The molecule has 4 rings (SSSR count). The van der Waals surface area contributed by atoms with E-state index in [9.17, 15) is 106 Å². The second kappa shape index (κ2) is 39.1. The molecule has 0 aliphatic rings. The number of esters is 2. The molecule has 0 aliphatic heterocycles. The molecule has 0 saturated carbocycles. The minimum absolute atomic E-state index is 0.0392. The van der Waals surface area contributed by atoms with Crippen LogP contribution in [0, 0.1) is 0 Å². The number of hydrogen-bond donors (Lipinski definition) is 0. The van der Waals surface area contributed by atoms with Crippen LogP contribution in [0.25, 0.3) is 32.3 Å². The SMILES string of the molecule is CCCCCCCCCOc1cc2c(cc1OCCCCCCCCC)c1cc(OC(=O)CCC(F)(F)C(F)(F)C(F)(F)C(F)(F)C(F)(F)C(F)(F)F)c(OCCCCCCCCC)cc1c1cc(OC(=O)CCC(F)(F)C(F)(F)C(F)(F)C(F)(F)C(F)(F)C(F)(F)F)c(OCCCCCCCCC)cc21. The molecule has 0 radical (unpaired) electrons. The number of rotatable bonds is 52. The Hall–Kier alpha value is -6.02. The minimum Gasteiger partial charge on any atom is -0.490 e. The number of halogens is 26. The fourth-order valence-electron chi connectivity index (χ4n) is 11.4. The lowest BCUT2D eigenvalue weighted by molar-refractivity contribution is -0.440. The number of hydrogen-bond acceptors (Lipinski definition) is 8. The van der Waals surface area contributed by atoms with Crippen molar-refractivity contribution in [3.8, 4) is 34.5 Å². The predicted octanol–water partition coefficient (Wildman–Crippen LogP) is 26.5. The average molecular weight is 1580 g/mol. The summed E-state index contributed by atoms with van der Waals surface area (Å²) in [5, 5.41) is -0.342. The molecule has 0 bridgehead atoms.